The fourth-order valence-corrected chi connectivity index (χ4v) is 6.99. The van der Waals surface area contributed by atoms with E-state index in [1.54, 1.807) is 25.3 Å². The van der Waals surface area contributed by atoms with Gasteiger partial charge < -0.3 is 9.64 Å². The zero-order valence-corrected chi connectivity index (χ0v) is 24.5. The number of halogens is 3. The standard InChI is InChI=1S/C28H26F3N5O5S2/c1-2-41-27(38)34-13-15-35(16-14-34)43(39,40)21-10-8-20(9-11-21)25(37)36(18-19-5-4-12-32-17-19)26-33-24-22(28(29,30)31)6-3-7-23(24)42-26/h3-12,17H,2,13-16,18H2,1H3. The number of pyridine rings is 1. The molecule has 15 heteroatoms. The minimum atomic E-state index is -4.63. The van der Waals surface area contributed by atoms with Gasteiger partial charge in [-0.05, 0) is 55.0 Å². The highest BCUT2D eigenvalue weighted by atomic mass is 32.2. The molecule has 2 aromatic carbocycles. The van der Waals surface area contributed by atoms with Crippen LogP contribution in [0.25, 0.3) is 10.2 Å². The molecule has 0 bridgehead atoms. The second-order valence-corrected chi connectivity index (χ2v) is 12.5. The fraction of sp³-hybridized carbons (Fsp3) is 0.286. The number of alkyl halides is 3. The van der Waals surface area contributed by atoms with Crippen LogP contribution in [0.2, 0.25) is 0 Å². The first-order valence-electron chi connectivity index (χ1n) is 13.2. The summed E-state index contributed by atoms with van der Waals surface area (Å²) < 4.78 is 74.0. The van der Waals surface area contributed by atoms with E-state index in [-0.39, 0.29) is 65.1 Å². The van der Waals surface area contributed by atoms with E-state index < -0.39 is 33.8 Å². The molecular formula is C28H26F3N5O5S2. The van der Waals surface area contributed by atoms with Gasteiger partial charge in [-0.25, -0.2) is 18.2 Å². The Balaban J connectivity index is 1.41. The van der Waals surface area contributed by atoms with E-state index in [4.69, 9.17) is 4.74 Å². The van der Waals surface area contributed by atoms with Crippen LogP contribution in [-0.2, 0) is 27.5 Å². The Bertz CT molecular complexity index is 1720. The summed E-state index contributed by atoms with van der Waals surface area (Å²) in [5, 5.41) is 0.0525. The number of carbonyl (C=O) groups excluding carboxylic acids is 2. The summed E-state index contributed by atoms with van der Waals surface area (Å²) in [6, 6.07) is 12.5. The third-order valence-corrected chi connectivity index (χ3v) is 9.71. The largest absolute Gasteiger partial charge is 0.450 e. The summed E-state index contributed by atoms with van der Waals surface area (Å²) in [6.07, 6.45) is -2.04. The number of para-hydroxylation sites is 1. The number of benzene rings is 2. The van der Waals surface area contributed by atoms with Crippen LogP contribution in [0.3, 0.4) is 0 Å². The number of ether oxygens (including phenoxy) is 1. The van der Waals surface area contributed by atoms with Gasteiger partial charge in [0.25, 0.3) is 5.91 Å². The van der Waals surface area contributed by atoms with Crippen LogP contribution >= 0.6 is 11.3 Å². The molecule has 4 aromatic rings. The minimum absolute atomic E-state index is 0.0291. The smallest absolute Gasteiger partial charge is 0.418 e. The van der Waals surface area contributed by atoms with E-state index in [2.05, 4.69) is 9.97 Å². The SMILES string of the molecule is CCOC(=O)N1CCN(S(=O)(=O)c2ccc(C(=O)N(Cc3cccnc3)c3nc4c(C(F)(F)F)cccc4s3)cc2)CC1. The number of carbonyl (C=O) groups is 2. The Morgan fingerprint density at radius 2 is 1.74 bits per heavy atom. The Kier molecular flexibility index (Phi) is 8.66. The Labute approximate surface area is 249 Å². The average Bonchev–Trinajstić information content (AvgIpc) is 3.44. The van der Waals surface area contributed by atoms with Crippen molar-refractivity contribution in [1.82, 2.24) is 19.2 Å². The van der Waals surface area contributed by atoms with E-state index >= 15 is 0 Å². The van der Waals surface area contributed by atoms with Crippen molar-refractivity contribution in [3.63, 3.8) is 0 Å². The molecule has 43 heavy (non-hydrogen) atoms. The third-order valence-electron chi connectivity index (χ3n) is 6.76. The average molecular weight is 634 g/mol. The lowest BCUT2D eigenvalue weighted by Crippen LogP contribution is -2.50. The molecule has 0 saturated carbocycles. The molecule has 0 radical (unpaired) electrons. The molecule has 0 N–H and O–H groups in total. The number of sulfonamides is 1. The van der Waals surface area contributed by atoms with Crippen molar-refractivity contribution in [2.75, 3.05) is 37.7 Å². The van der Waals surface area contributed by atoms with E-state index in [0.717, 1.165) is 17.4 Å². The molecule has 226 valence electrons. The minimum Gasteiger partial charge on any atom is -0.450 e. The zero-order valence-electron chi connectivity index (χ0n) is 22.8. The molecule has 1 saturated heterocycles. The predicted molar refractivity (Wildman–Crippen MR) is 153 cm³/mol. The van der Waals surface area contributed by atoms with Crippen molar-refractivity contribution in [2.24, 2.45) is 0 Å². The highest BCUT2D eigenvalue weighted by Gasteiger charge is 2.35. The molecule has 0 unspecified atom stereocenters. The second kappa shape index (κ2) is 12.3. The first-order valence-corrected chi connectivity index (χ1v) is 15.4. The number of nitrogens with zero attached hydrogens (tertiary/aromatic N) is 5. The summed E-state index contributed by atoms with van der Waals surface area (Å²) in [7, 11) is -3.92. The number of aromatic nitrogens is 2. The van der Waals surface area contributed by atoms with E-state index in [1.807, 2.05) is 0 Å². The van der Waals surface area contributed by atoms with E-state index in [9.17, 15) is 31.2 Å². The van der Waals surface area contributed by atoms with Crippen LogP contribution in [0, 0.1) is 0 Å². The number of fused-ring (bicyclic) bond motifs is 1. The van der Waals surface area contributed by atoms with E-state index in [1.165, 1.54) is 56.7 Å². The zero-order chi connectivity index (χ0) is 30.8. The summed E-state index contributed by atoms with van der Waals surface area (Å²) >= 11 is 0.943. The van der Waals surface area contributed by atoms with Crippen molar-refractivity contribution in [1.29, 1.82) is 0 Å². The maximum atomic E-state index is 13.8. The summed E-state index contributed by atoms with van der Waals surface area (Å²) in [5.41, 5.74) is -0.431. The van der Waals surface area contributed by atoms with Crippen LogP contribution < -0.4 is 4.90 Å². The Morgan fingerprint density at radius 3 is 2.37 bits per heavy atom. The number of amides is 2. The van der Waals surface area contributed by atoms with Gasteiger partial charge >= 0.3 is 12.3 Å². The molecule has 1 aliphatic heterocycles. The summed E-state index contributed by atoms with van der Waals surface area (Å²) in [4.78, 5) is 36.6. The van der Waals surface area contributed by atoms with Crippen LogP contribution in [-0.4, -0.2) is 72.4 Å². The van der Waals surface area contributed by atoms with Crippen molar-refractivity contribution in [3.05, 3.63) is 83.7 Å². The number of thiazole rings is 1. The second-order valence-electron chi connectivity index (χ2n) is 9.51. The maximum absolute atomic E-state index is 13.8. The van der Waals surface area contributed by atoms with Gasteiger partial charge in [0.15, 0.2) is 5.13 Å². The highest BCUT2D eigenvalue weighted by molar-refractivity contribution is 7.89. The number of rotatable bonds is 7. The number of hydrogen-bond acceptors (Lipinski definition) is 8. The molecule has 0 atom stereocenters. The summed E-state index contributed by atoms with van der Waals surface area (Å²) in [5.74, 6) is -0.580. The van der Waals surface area contributed by atoms with Gasteiger partial charge in [0.2, 0.25) is 10.0 Å². The van der Waals surface area contributed by atoms with Gasteiger partial charge in [0.1, 0.15) is 0 Å². The van der Waals surface area contributed by atoms with Crippen LogP contribution in [0.15, 0.2) is 71.9 Å². The molecule has 1 aliphatic rings. The van der Waals surface area contributed by atoms with Crippen molar-refractivity contribution < 1.29 is 35.9 Å². The Morgan fingerprint density at radius 1 is 1.02 bits per heavy atom. The van der Waals surface area contributed by atoms with Crippen LogP contribution in [0.4, 0.5) is 23.1 Å². The van der Waals surface area contributed by atoms with Crippen LogP contribution in [0.1, 0.15) is 28.4 Å². The van der Waals surface area contributed by atoms with Crippen molar-refractivity contribution in [2.45, 2.75) is 24.5 Å². The van der Waals surface area contributed by atoms with Gasteiger partial charge in [-0.3, -0.25) is 14.7 Å². The molecule has 1 fully saturated rings. The lowest BCUT2D eigenvalue weighted by atomic mass is 10.2. The lowest BCUT2D eigenvalue weighted by molar-refractivity contribution is -0.136. The van der Waals surface area contributed by atoms with Gasteiger partial charge in [-0.2, -0.15) is 17.5 Å². The van der Waals surface area contributed by atoms with Crippen molar-refractivity contribution >= 4 is 48.7 Å². The highest BCUT2D eigenvalue weighted by Crippen LogP contribution is 2.39. The van der Waals surface area contributed by atoms with Gasteiger partial charge in [-0.1, -0.05) is 23.5 Å². The number of hydrogen-bond donors (Lipinski definition) is 0. The normalized spacial score (nSPS) is 14.6. The number of piperazine rings is 1. The molecule has 10 nitrogen and oxygen atoms in total. The molecule has 2 aromatic heterocycles. The molecule has 0 aliphatic carbocycles. The lowest BCUT2D eigenvalue weighted by Gasteiger charge is -2.33. The van der Waals surface area contributed by atoms with Crippen LogP contribution in [0.5, 0.6) is 0 Å². The van der Waals surface area contributed by atoms with Gasteiger partial charge in [0.05, 0.1) is 33.8 Å². The van der Waals surface area contributed by atoms with Gasteiger partial charge in [-0.15, -0.1) is 0 Å². The molecule has 3 heterocycles. The molecular weight excluding hydrogens is 607 g/mol. The quantitative estimate of drug-likeness (QED) is 0.281. The maximum Gasteiger partial charge on any atom is 0.418 e. The Hall–Kier alpha value is -4.08. The van der Waals surface area contributed by atoms with E-state index in [0.29, 0.717) is 5.56 Å². The van der Waals surface area contributed by atoms with Gasteiger partial charge in [0, 0.05) is 44.1 Å². The topological polar surface area (TPSA) is 113 Å². The third kappa shape index (κ3) is 6.48. The molecule has 2 amide bonds. The van der Waals surface area contributed by atoms with Crippen molar-refractivity contribution in [3.8, 4) is 0 Å². The molecule has 5 rings (SSSR count). The predicted octanol–water partition coefficient (Wildman–Crippen LogP) is 5.02. The first kappa shape index (κ1) is 30.4. The molecule has 0 spiro atoms. The number of anilines is 1. The summed E-state index contributed by atoms with van der Waals surface area (Å²) in [6.45, 7) is 2.39. The fourth-order valence-electron chi connectivity index (χ4n) is 4.58. The first-order chi connectivity index (χ1) is 20.5. The monoisotopic (exact) mass is 633 g/mol.